The van der Waals surface area contributed by atoms with Gasteiger partial charge in [0.2, 0.25) is 0 Å². The molecule has 120 valence electrons. The van der Waals surface area contributed by atoms with Crippen LogP contribution in [0.3, 0.4) is 0 Å². The molecule has 0 aliphatic carbocycles. The van der Waals surface area contributed by atoms with Crippen LogP contribution in [0, 0.1) is 5.82 Å². The zero-order valence-electron chi connectivity index (χ0n) is 12.3. The number of carbonyl (C=O) groups is 2. The third-order valence-corrected chi connectivity index (χ3v) is 3.31. The molecule has 0 fully saturated rings. The maximum Gasteiger partial charge on any atom is 0.408 e. The molecule has 0 aliphatic rings. The van der Waals surface area contributed by atoms with Gasteiger partial charge in [0.05, 0.1) is 0 Å². The molecule has 0 radical (unpaired) electrons. The van der Waals surface area contributed by atoms with Crippen LogP contribution in [0.5, 0.6) is 0 Å². The monoisotopic (exact) mass is 317 g/mol. The number of carbonyl (C=O) groups excluding carboxylic acids is 1. The zero-order valence-corrected chi connectivity index (χ0v) is 12.3. The summed E-state index contributed by atoms with van der Waals surface area (Å²) in [7, 11) is 0. The van der Waals surface area contributed by atoms with Gasteiger partial charge in [-0.15, -0.1) is 0 Å². The van der Waals surface area contributed by atoms with Crippen LogP contribution >= 0.6 is 0 Å². The van der Waals surface area contributed by atoms with E-state index in [1.165, 1.54) is 18.2 Å². The van der Waals surface area contributed by atoms with Crippen LogP contribution in [-0.2, 0) is 16.0 Å². The van der Waals surface area contributed by atoms with Crippen molar-refractivity contribution in [2.45, 2.75) is 12.5 Å². The van der Waals surface area contributed by atoms with E-state index >= 15 is 0 Å². The molecule has 2 rings (SSSR count). The first kappa shape index (κ1) is 16.5. The number of hydrogen-bond donors (Lipinski definition) is 2. The van der Waals surface area contributed by atoms with Crippen molar-refractivity contribution in [2.24, 2.45) is 0 Å². The van der Waals surface area contributed by atoms with Gasteiger partial charge in [0, 0.05) is 11.8 Å². The van der Waals surface area contributed by atoms with Crippen molar-refractivity contribution in [3.8, 4) is 0 Å². The normalized spacial score (nSPS) is 11.7. The second-order valence-electron chi connectivity index (χ2n) is 4.88. The Morgan fingerprint density at radius 2 is 1.96 bits per heavy atom. The Morgan fingerprint density at radius 3 is 2.61 bits per heavy atom. The lowest BCUT2D eigenvalue weighted by Gasteiger charge is -2.15. The molecule has 0 saturated carbocycles. The van der Waals surface area contributed by atoms with Crippen molar-refractivity contribution < 1.29 is 23.8 Å². The lowest BCUT2D eigenvalue weighted by atomic mass is 9.98. The number of rotatable bonds is 6. The van der Waals surface area contributed by atoms with Crippen LogP contribution < -0.4 is 5.32 Å². The number of nitrogens with one attached hydrogen (secondary N) is 1. The Balaban J connectivity index is 2.24. The van der Waals surface area contributed by atoms with Gasteiger partial charge in [-0.05, 0) is 17.0 Å². The molecule has 1 atom stereocenters. The summed E-state index contributed by atoms with van der Waals surface area (Å²) in [5.74, 6) is -1.58. The summed E-state index contributed by atoms with van der Waals surface area (Å²) in [6, 6.07) is 8.40. The molecule has 0 bridgehead atoms. The average molecular weight is 317 g/mol. The van der Waals surface area contributed by atoms with Crippen molar-refractivity contribution in [3.05, 3.63) is 60.4 Å². The van der Waals surface area contributed by atoms with Crippen molar-refractivity contribution in [2.75, 3.05) is 6.61 Å². The Bertz CT molecular complexity index is 744. The summed E-state index contributed by atoms with van der Waals surface area (Å²) < 4.78 is 18.5. The van der Waals surface area contributed by atoms with Gasteiger partial charge >= 0.3 is 12.1 Å². The van der Waals surface area contributed by atoms with Crippen LogP contribution in [0.1, 0.15) is 5.56 Å². The van der Waals surface area contributed by atoms with Crippen molar-refractivity contribution in [1.29, 1.82) is 0 Å². The number of benzene rings is 2. The van der Waals surface area contributed by atoms with Gasteiger partial charge < -0.3 is 15.2 Å². The second-order valence-corrected chi connectivity index (χ2v) is 4.88. The molecule has 0 unspecified atom stereocenters. The van der Waals surface area contributed by atoms with Crippen LogP contribution in [0.15, 0.2) is 49.1 Å². The number of carboxylic acid groups (broad SMARTS) is 1. The first-order chi connectivity index (χ1) is 11.0. The molecular formula is C17H16FNO4. The predicted molar refractivity (Wildman–Crippen MR) is 83.7 cm³/mol. The predicted octanol–water partition coefficient (Wildman–Crippen LogP) is 2.89. The topological polar surface area (TPSA) is 75.6 Å². The van der Waals surface area contributed by atoms with E-state index in [4.69, 9.17) is 4.74 Å². The van der Waals surface area contributed by atoms with Gasteiger partial charge in [-0.25, -0.2) is 14.0 Å². The molecule has 0 aliphatic heterocycles. The van der Waals surface area contributed by atoms with E-state index in [1.54, 1.807) is 24.3 Å². The van der Waals surface area contributed by atoms with E-state index < -0.39 is 18.1 Å². The molecule has 0 aromatic heterocycles. The summed E-state index contributed by atoms with van der Waals surface area (Å²) in [4.78, 5) is 22.9. The Morgan fingerprint density at radius 1 is 1.26 bits per heavy atom. The molecule has 0 spiro atoms. The average Bonchev–Trinajstić information content (AvgIpc) is 2.54. The molecule has 2 aromatic carbocycles. The molecule has 2 aromatic rings. The summed E-state index contributed by atoms with van der Waals surface area (Å²) >= 11 is 0. The van der Waals surface area contributed by atoms with Gasteiger partial charge in [-0.1, -0.05) is 43.0 Å². The minimum atomic E-state index is -1.20. The minimum Gasteiger partial charge on any atom is -0.480 e. The summed E-state index contributed by atoms with van der Waals surface area (Å²) in [5.41, 5.74) is 0.624. The summed E-state index contributed by atoms with van der Waals surface area (Å²) in [6.07, 6.45) is 0.547. The Hall–Kier alpha value is -2.89. The van der Waals surface area contributed by atoms with E-state index in [0.717, 1.165) is 0 Å². The highest BCUT2D eigenvalue weighted by molar-refractivity contribution is 5.87. The van der Waals surface area contributed by atoms with E-state index in [0.29, 0.717) is 16.3 Å². The highest BCUT2D eigenvalue weighted by Gasteiger charge is 2.22. The smallest absolute Gasteiger partial charge is 0.408 e. The highest BCUT2D eigenvalue weighted by Crippen LogP contribution is 2.23. The lowest BCUT2D eigenvalue weighted by molar-refractivity contribution is -0.139. The Kier molecular flexibility index (Phi) is 5.30. The fraction of sp³-hybridized carbons (Fsp3) is 0.176. The molecule has 0 heterocycles. The number of alkyl carbamates (subject to hydrolysis) is 1. The number of halogens is 1. The lowest BCUT2D eigenvalue weighted by Crippen LogP contribution is -2.42. The summed E-state index contributed by atoms with van der Waals surface area (Å²) in [6.45, 7) is 3.38. The summed E-state index contributed by atoms with van der Waals surface area (Å²) in [5, 5.41) is 12.6. The number of fused-ring (bicyclic) bond motifs is 1. The molecule has 0 saturated heterocycles. The largest absolute Gasteiger partial charge is 0.480 e. The first-order valence-corrected chi connectivity index (χ1v) is 6.96. The van der Waals surface area contributed by atoms with Gasteiger partial charge in [0.15, 0.2) is 0 Å². The number of amides is 1. The number of carboxylic acids is 1. The molecule has 5 nitrogen and oxygen atoms in total. The second kappa shape index (κ2) is 7.40. The minimum absolute atomic E-state index is 0.0132. The van der Waals surface area contributed by atoms with Crippen molar-refractivity contribution >= 4 is 22.8 Å². The fourth-order valence-electron chi connectivity index (χ4n) is 2.24. The van der Waals surface area contributed by atoms with Gasteiger partial charge in [-0.2, -0.15) is 0 Å². The maximum atomic E-state index is 13.8. The standard InChI is InChI=1S/C17H16FNO4/c1-2-9-23-17(22)19-15(16(20)21)10-11-7-8-14(18)13-6-4-3-5-12(11)13/h2-8,15H,1,9-10H2,(H,19,22)(H,20,21)/t15-/m0/s1. The number of aliphatic carboxylic acids is 1. The van der Waals surface area contributed by atoms with Crippen LogP contribution in [0.25, 0.3) is 10.8 Å². The molecule has 6 heteroatoms. The van der Waals surface area contributed by atoms with E-state index in [2.05, 4.69) is 11.9 Å². The van der Waals surface area contributed by atoms with E-state index in [9.17, 15) is 19.1 Å². The van der Waals surface area contributed by atoms with Crippen LogP contribution in [0.2, 0.25) is 0 Å². The van der Waals surface area contributed by atoms with Gasteiger partial charge in [0.1, 0.15) is 18.5 Å². The quantitative estimate of drug-likeness (QED) is 0.803. The SMILES string of the molecule is C=CCOC(=O)N[C@@H](Cc1ccc(F)c2ccccc12)C(=O)O. The zero-order chi connectivity index (χ0) is 16.8. The fourth-order valence-corrected chi connectivity index (χ4v) is 2.24. The molecule has 2 N–H and O–H groups in total. The third-order valence-electron chi connectivity index (χ3n) is 3.31. The maximum absolute atomic E-state index is 13.8. The van der Waals surface area contributed by atoms with Gasteiger partial charge in [-0.3, -0.25) is 0 Å². The number of ether oxygens (including phenoxy) is 1. The van der Waals surface area contributed by atoms with Crippen molar-refractivity contribution in [3.63, 3.8) is 0 Å². The number of hydrogen-bond acceptors (Lipinski definition) is 3. The van der Waals surface area contributed by atoms with Crippen LogP contribution in [0.4, 0.5) is 9.18 Å². The molecule has 1 amide bonds. The third kappa shape index (κ3) is 4.06. The van der Waals surface area contributed by atoms with Crippen LogP contribution in [-0.4, -0.2) is 29.8 Å². The van der Waals surface area contributed by atoms with Crippen molar-refractivity contribution in [1.82, 2.24) is 5.32 Å². The first-order valence-electron chi connectivity index (χ1n) is 6.96. The molecular weight excluding hydrogens is 301 g/mol. The van der Waals surface area contributed by atoms with E-state index in [-0.39, 0.29) is 18.8 Å². The van der Waals surface area contributed by atoms with Gasteiger partial charge in [0.25, 0.3) is 0 Å². The van der Waals surface area contributed by atoms with E-state index in [1.807, 2.05) is 0 Å². The Labute approximate surface area is 132 Å². The molecule has 23 heavy (non-hydrogen) atoms. The highest BCUT2D eigenvalue weighted by atomic mass is 19.1.